The van der Waals surface area contributed by atoms with E-state index in [4.69, 9.17) is 32.0 Å². The largest absolute Gasteiger partial charge is 0.463 e. The third-order valence-electron chi connectivity index (χ3n) is 7.69. The average molecular weight is 552 g/mol. The van der Waals surface area contributed by atoms with Crippen LogP contribution in [0.3, 0.4) is 0 Å². The number of amidine groups is 1. The smallest absolute Gasteiger partial charge is 0.433 e. The van der Waals surface area contributed by atoms with Gasteiger partial charge >= 0.3 is 6.09 Å². The van der Waals surface area contributed by atoms with E-state index in [9.17, 15) is 9.90 Å². The molecule has 206 valence electrons. The highest BCUT2D eigenvalue weighted by Crippen LogP contribution is 2.37. The highest BCUT2D eigenvalue weighted by Gasteiger charge is 2.33. The average Bonchev–Trinajstić information content (AvgIpc) is 3.25. The molecule has 3 heterocycles. The molecule has 1 saturated carbocycles. The summed E-state index contributed by atoms with van der Waals surface area (Å²) in [6, 6.07) is 7.58. The van der Waals surface area contributed by atoms with Crippen molar-refractivity contribution < 1.29 is 14.6 Å². The number of hydrogen-bond donors (Lipinski definition) is 2. The molecule has 11 heteroatoms. The van der Waals surface area contributed by atoms with Crippen molar-refractivity contribution in [1.82, 2.24) is 19.5 Å². The summed E-state index contributed by atoms with van der Waals surface area (Å²) >= 11 is 6.38. The number of hydrogen-bond acceptors (Lipinski definition) is 6. The van der Waals surface area contributed by atoms with Crippen LogP contribution in [0, 0.1) is 11.8 Å². The topological polar surface area (TPSA) is 132 Å². The van der Waals surface area contributed by atoms with Crippen LogP contribution in [0.5, 0.6) is 0 Å². The normalized spacial score (nSPS) is 24.2. The van der Waals surface area contributed by atoms with Crippen LogP contribution in [0.1, 0.15) is 45.4 Å². The van der Waals surface area contributed by atoms with Gasteiger partial charge in [-0.3, -0.25) is 0 Å². The van der Waals surface area contributed by atoms with Crippen LogP contribution in [-0.2, 0) is 11.3 Å². The number of aromatic nitrogens is 4. The molecule has 1 aromatic carbocycles. The van der Waals surface area contributed by atoms with Gasteiger partial charge in [0.05, 0.1) is 25.3 Å². The molecule has 2 atom stereocenters. The maximum absolute atomic E-state index is 11.3. The molecule has 2 aliphatic rings. The summed E-state index contributed by atoms with van der Waals surface area (Å²) in [6.45, 7) is 10.2. The van der Waals surface area contributed by atoms with E-state index in [1.165, 1.54) is 0 Å². The van der Waals surface area contributed by atoms with Crippen molar-refractivity contribution in [2.75, 3.05) is 18.1 Å². The Bertz CT molecular complexity index is 1400. The Labute approximate surface area is 232 Å². The number of allylic oxidation sites excluding steroid dienone is 1. The van der Waals surface area contributed by atoms with E-state index < -0.39 is 6.09 Å². The maximum Gasteiger partial charge on any atom is 0.433 e. The molecule has 1 aliphatic carbocycles. The number of morpholine rings is 1. The van der Waals surface area contributed by atoms with Crippen LogP contribution in [0.25, 0.3) is 22.4 Å². The maximum atomic E-state index is 11.3. The Hall–Kier alpha value is -3.50. The summed E-state index contributed by atoms with van der Waals surface area (Å²) in [5.41, 5.74) is 8.54. The van der Waals surface area contributed by atoms with Gasteiger partial charge in [-0.2, -0.15) is 9.98 Å². The summed E-state index contributed by atoms with van der Waals surface area (Å²) in [5, 5.41) is 9.75. The minimum Gasteiger partial charge on any atom is -0.463 e. The van der Waals surface area contributed by atoms with Crippen molar-refractivity contribution in [1.29, 1.82) is 0 Å². The third-order valence-corrected chi connectivity index (χ3v) is 7.93. The Morgan fingerprint density at radius 3 is 2.56 bits per heavy atom. The molecule has 2 aromatic heterocycles. The predicted molar refractivity (Wildman–Crippen MR) is 152 cm³/mol. The number of nitrogens with two attached hydrogens (primary N) is 1. The zero-order valence-corrected chi connectivity index (χ0v) is 23.0. The lowest BCUT2D eigenvalue weighted by Crippen LogP contribution is -2.51. The first-order valence-electron chi connectivity index (χ1n) is 13.4. The minimum atomic E-state index is -1.42. The van der Waals surface area contributed by atoms with Crippen molar-refractivity contribution in [3.05, 3.63) is 47.8 Å². The zero-order chi connectivity index (χ0) is 27.7. The van der Waals surface area contributed by atoms with Gasteiger partial charge in [-0.1, -0.05) is 29.8 Å². The summed E-state index contributed by atoms with van der Waals surface area (Å²) in [5.74, 6) is 1.52. The molecule has 1 saturated heterocycles. The number of halogens is 1. The molecule has 2 fully saturated rings. The van der Waals surface area contributed by atoms with E-state index in [1.807, 2.05) is 18.2 Å². The Kier molecular flexibility index (Phi) is 7.86. The number of rotatable bonds is 6. The van der Waals surface area contributed by atoms with Gasteiger partial charge in [0.15, 0.2) is 17.3 Å². The SMILES string of the molecule is C=CC1CCC(Cn2c(N3C(C)COCC3C)nc3nc(C(N)=NC(=O)O)nc(-c4cccc(Cl)c4)c32)CC1. The van der Waals surface area contributed by atoms with E-state index >= 15 is 0 Å². The highest BCUT2D eigenvalue weighted by atomic mass is 35.5. The van der Waals surface area contributed by atoms with Gasteiger partial charge in [0.25, 0.3) is 0 Å². The van der Waals surface area contributed by atoms with E-state index in [2.05, 4.69) is 45.9 Å². The van der Waals surface area contributed by atoms with Gasteiger partial charge < -0.3 is 25.0 Å². The number of nitrogens with zero attached hydrogens (tertiary/aromatic N) is 6. The molecule has 39 heavy (non-hydrogen) atoms. The fourth-order valence-corrected chi connectivity index (χ4v) is 5.95. The van der Waals surface area contributed by atoms with Crippen molar-refractivity contribution in [3.63, 3.8) is 0 Å². The second kappa shape index (κ2) is 11.3. The third kappa shape index (κ3) is 5.62. The minimum absolute atomic E-state index is 0.00522. The van der Waals surface area contributed by atoms with Gasteiger partial charge in [0, 0.05) is 17.1 Å². The molecule has 5 rings (SSSR count). The van der Waals surface area contributed by atoms with Gasteiger partial charge in [0.2, 0.25) is 5.95 Å². The van der Waals surface area contributed by atoms with Crippen molar-refractivity contribution in [2.45, 2.75) is 58.2 Å². The van der Waals surface area contributed by atoms with Gasteiger partial charge in [0.1, 0.15) is 11.2 Å². The molecule has 2 unspecified atom stereocenters. The van der Waals surface area contributed by atoms with Crippen LogP contribution in [0.15, 0.2) is 41.9 Å². The molecular weight excluding hydrogens is 518 g/mol. The number of fused-ring (bicyclic) bond motifs is 1. The Balaban J connectivity index is 1.74. The number of amides is 1. The van der Waals surface area contributed by atoms with Gasteiger partial charge in [-0.05, 0) is 63.5 Å². The number of ether oxygens (including phenoxy) is 1. The molecular formula is C28H34ClN7O3. The van der Waals surface area contributed by atoms with Crippen LogP contribution in [0.4, 0.5) is 10.7 Å². The van der Waals surface area contributed by atoms with Crippen LogP contribution < -0.4 is 10.6 Å². The molecule has 1 amide bonds. The lowest BCUT2D eigenvalue weighted by Gasteiger charge is -2.40. The summed E-state index contributed by atoms with van der Waals surface area (Å²) in [7, 11) is 0. The predicted octanol–water partition coefficient (Wildman–Crippen LogP) is 5.14. The molecule has 10 nitrogen and oxygen atoms in total. The number of carboxylic acid groups (broad SMARTS) is 1. The lowest BCUT2D eigenvalue weighted by molar-refractivity contribution is 0.0742. The first-order valence-corrected chi connectivity index (χ1v) is 13.7. The standard InChI is InChI=1S/C28H34ClN7O3/c1-4-18-8-10-19(11-9-18)13-35-23-22(20-6-5-7-21(29)12-20)31-26(24(30)32-28(37)38)33-25(23)34-27(35)36-16(2)14-39-15-17(36)3/h4-7,12,16-19H,1,8-11,13-15H2,2-3H3,(H2,30,32)(H,37,38). The van der Waals surface area contributed by atoms with E-state index in [0.29, 0.717) is 41.4 Å². The number of benzene rings is 1. The number of carbonyl (C=O) groups is 1. The first kappa shape index (κ1) is 27.1. The first-order chi connectivity index (χ1) is 18.7. The molecule has 0 bridgehead atoms. The van der Waals surface area contributed by atoms with Crippen molar-refractivity contribution in [3.8, 4) is 11.3 Å². The zero-order valence-electron chi connectivity index (χ0n) is 22.3. The monoisotopic (exact) mass is 551 g/mol. The van der Waals surface area contributed by atoms with Gasteiger partial charge in [-0.15, -0.1) is 6.58 Å². The molecule has 1 aliphatic heterocycles. The molecule has 3 N–H and O–H groups in total. The van der Waals surface area contributed by atoms with E-state index in [1.54, 1.807) is 6.07 Å². The highest BCUT2D eigenvalue weighted by molar-refractivity contribution is 6.30. The lowest BCUT2D eigenvalue weighted by atomic mass is 9.82. The van der Waals surface area contributed by atoms with E-state index in [0.717, 1.165) is 49.3 Å². The van der Waals surface area contributed by atoms with Crippen LogP contribution in [-0.4, -0.2) is 61.9 Å². The Morgan fingerprint density at radius 2 is 1.92 bits per heavy atom. The van der Waals surface area contributed by atoms with E-state index in [-0.39, 0.29) is 23.7 Å². The fourth-order valence-electron chi connectivity index (χ4n) is 5.76. The molecule has 3 aromatic rings. The van der Waals surface area contributed by atoms with Crippen molar-refractivity contribution in [2.24, 2.45) is 22.6 Å². The summed E-state index contributed by atoms with van der Waals surface area (Å²) in [6.07, 6.45) is 5.06. The fraction of sp³-hybridized carbons (Fsp3) is 0.464. The quantitative estimate of drug-likeness (QED) is 0.244. The molecule has 0 radical (unpaired) electrons. The second-order valence-electron chi connectivity index (χ2n) is 10.5. The van der Waals surface area contributed by atoms with Crippen molar-refractivity contribution >= 4 is 40.6 Å². The van der Waals surface area contributed by atoms with Gasteiger partial charge in [-0.25, -0.2) is 14.8 Å². The van der Waals surface area contributed by atoms with Crippen LogP contribution in [0.2, 0.25) is 5.02 Å². The Morgan fingerprint density at radius 1 is 1.21 bits per heavy atom. The summed E-state index contributed by atoms with van der Waals surface area (Å²) in [4.78, 5) is 31.4. The summed E-state index contributed by atoms with van der Waals surface area (Å²) < 4.78 is 8.04. The number of anilines is 1. The number of imidazole rings is 1. The second-order valence-corrected chi connectivity index (χ2v) is 11.0. The number of aliphatic imine (C=N–C) groups is 1. The molecule has 0 spiro atoms. The van der Waals surface area contributed by atoms with Crippen LogP contribution >= 0.6 is 11.6 Å².